The monoisotopic (exact) mass is 451 g/mol. The molecule has 0 radical (unpaired) electrons. The molecule has 0 atom stereocenters. The molecule has 1 aliphatic rings. The summed E-state index contributed by atoms with van der Waals surface area (Å²) in [6, 6.07) is 0. The van der Waals surface area contributed by atoms with Crippen molar-refractivity contribution in [1.82, 2.24) is 20.5 Å². The fourth-order valence-electron chi connectivity index (χ4n) is 2.77. The van der Waals surface area contributed by atoms with Crippen LogP contribution < -0.4 is 10.6 Å². The highest BCUT2D eigenvalue weighted by molar-refractivity contribution is 14.0. The lowest BCUT2D eigenvalue weighted by molar-refractivity contribution is 0.213. The van der Waals surface area contributed by atoms with Gasteiger partial charge >= 0.3 is 0 Å². The van der Waals surface area contributed by atoms with Crippen molar-refractivity contribution < 1.29 is 0 Å². The molecule has 1 fully saturated rings. The Kier molecular flexibility index (Phi) is 10.0. The van der Waals surface area contributed by atoms with Crippen LogP contribution in [0.1, 0.15) is 29.1 Å². The van der Waals surface area contributed by atoms with Crippen molar-refractivity contribution in [3.63, 3.8) is 0 Å². The van der Waals surface area contributed by atoms with E-state index in [4.69, 9.17) is 0 Å². The molecule has 1 aliphatic heterocycles. The second-order valence-corrected chi connectivity index (χ2v) is 7.40. The SMILES string of the molecule is CN=C(NCCc1ncc(C)s1)NCCC1CCN(C)CC1.I. The largest absolute Gasteiger partial charge is 0.356 e. The van der Waals surface area contributed by atoms with E-state index in [1.807, 2.05) is 13.2 Å². The average Bonchev–Trinajstić information content (AvgIpc) is 2.93. The number of thiazole rings is 1. The summed E-state index contributed by atoms with van der Waals surface area (Å²) in [6.45, 7) is 6.46. The zero-order valence-electron chi connectivity index (χ0n) is 14.5. The van der Waals surface area contributed by atoms with E-state index in [1.54, 1.807) is 11.3 Å². The number of piperidine rings is 1. The number of aryl methyl sites for hydroxylation is 1. The van der Waals surface area contributed by atoms with E-state index >= 15 is 0 Å². The van der Waals surface area contributed by atoms with Crippen LogP contribution in [0.5, 0.6) is 0 Å². The van der Waals surface area contributed by atoms with Gasteiger partial charge in [0.15, 0.2) is 5.96 Å². The molecule has 0 aromatic carbocycles. The predicted molar refractivity (Wildman–Crippen MR) is 110 cm³/mol. The summed E-state index contributed by atoms with van der Waals surface area (Å²) in [5.41, 5.74) is 0. The van der Waals surface area contributed by atoms with Gasteiger partial charge in [-0.15, -0.1) is 35.3 Å². The Bertz CT molecular complexity index is 469. The number of hydrogen-bond acceptors (Lipinski definition) is 4. The van der Waals surface area contributed by atoms with E-state index in [2.05, 4.69) is 39.5 Å². The van der Waals surface area contributed by atoms with Gasteiger partial charge in [0.2, 0.25) is 0 Å². The molecule has 2 heterocycles. The smallest absolute Gasteiger partial charge is 0.190 e. The molecule has 5 nitrogen and oxygen atoms in total. The quantitative estimate of drug-likeness (QED) is 0.397. The Labute approximate surface area is 161 Å². The van der Waals surface area contributed by atoms with Crippen LogP contribution in [0, 0.1) is 12.8 Å². The molecule has 0 amide bonds. The third kappa shape index (κ3) is 7.80. The Morgan fingerprint density at radius 1 is 1.35 bits per heavy atom. The number of likely N-dealkylation sites (tertiary alicyclic amines) is 1. The van der Waals surface area contributed by atoms with Gasteiger partial charge in [0, 0.05) is 37.6 Å². The molecule has 0 bridgehead atoms. The summed E-state index contributed by atoms with van der Waals surface area (Å²) in [6.07, 6.45) is 6.78. The van der Waals surface area contributed by atoms with Crippen molar-refractivity contribution in [2.45, 2.75) is 32.6 Å². The van der Waals surface area contributed by atoms with E-state index in [1.165, 1.54) is 42.2 Å². The maximum atomic E-state index is 4.38. The highest BCUT2D eigenvalue weighted by Gasteiger charge is 2.16. The van der Waals surface area contributed by atoms with Gasteiger partial charge in [-0.05, 0) is 52.2 Å². The van der Waals surface area contributed by atoms with Gasteiger partial charge in [-0.2, -0.15) is 0 Å². The van der Waals surface area contributed by atoms with Crippen molar-refractivity contribution in [3.05, 3.63) is 16.1 Å². The minimum absolute atomic E-state index is 0. The van der Waals surface area contributed by atoms with Gasteiger partial charge < -0.3 is 15.5 Å². The topological polar surface area (TPSA) is 52.6 Å². The summed E-state index contributed by atoms with van der Waals surface area (Å²) >= 11 is 1.77. The Morgan fingerprint density at radius 3 is 2.65 bits per heavy atom. The number of nitrogens with one attached hydrogen (secondary N) is 2. The number of aromatic nitrogens is 1. The van der Waals surface area contributed by atoms with Crippen LogP contribution in [-0.4, -0.2) is 56.1 Å². The molecule has 2 N–H and O–H groups in total. The fourth-order valence-corrected chi connectivity index (χ4v) is 3.56. The molecule has 0 unspecified atom stereocenters. The van der Waals surface area contributed by atoms with Crippen molar-refractivity contribution >= 4 is 41.3 Å². The van der Waals surface area contributed by atoms with E-state index in [0.29, 0.717) is 0 Å². The number of nitrogens with zero attached hydrogens (tertiary/aromatic N) is 3. The summed E-state index contributed by atoms with van der Waals surface area (Å²) < 4.78 is 0. The summed E-state index contributed by atoms with van der Waals surface area (Å²) in [7, 11) is 4.04. The second kappa shape index (κ2) is 11.2. The first-order chi connectivity index (χ1) is 10.7. The molecule has 1 aromatic heterocycles. The van der Waals surface area contributed by atoms with Crippen LogP contribution in [0.15, 0.2) is 11.2 Å². The molecule has 1 saturated heterocycles. The number of hydrogen-bond donors (Lipinski definition) is 2. The van der Waals surface area contributed by atoms with Crippen molar-refractivity contribution in [3.8, 4) is 0 Å². The highest BCUT2D eigenvalue weighted by Crippen LogP contribution is 2.18. The molecule has 7 heteroatoms. The van der Waals surface area contributed by atoms with Gasteiger partial charge in [0.05, 0.1) is 5.01 Å². The zero-order valence-corrected chi connectivity index (χ0v) is 17.6. The number of rotatable bonds is 6. The van der Waals surface area contributed by atoms with Gasteiger partial charge in [-0.25, -0.2) is 4.98 Å². The van der Waals surface area contributed by atoms with Gasteiger partial charge in [0.25, 0.3) is 0 Å². The van der Waals surface area contributed by atoms with E-state index in [0.717, 1.165) is 31.4 Å². The molecular formula is C16H30IN5S. The molecule has 1 aromatic rings. The first-order valence-electron chi connectivity index (χ1n) is 8.21. The van der Waals surface area contributed by atoms with Crippen LogP contribution >= 0.6 is 35.3 Å². The minimum Gasteiger partial charge on any atom is -0.356 e. The molecule has 2 rings (SSSR count). The summed E-state index contributed by atoms with van der Waals surface area (Å²) in [5, 5.41) is 7.98. The first-order valence-corrected chi connectivity index (χ1v) is 9.03. The number of halogens is 1. The average molecular weight is 451 g/mol. The Morgan fingerprint density at radius 2 is 2.04 bits per heavy atom. The predicted octanol–water partition coefficient (Wildman–Crippen LogP) is 2.51. The van der Waals surface area contributed by atoms with Crippen molar-refractivity contribution in [2.24, 2.45) is 10.9 Å². The Hall–Kier alpha value is -0.410. The maximum Gasteiger partial charge on any atom is 0.190 e. The van der Waals surface area contributed by atoms with Crippen LogP contribution in [0.2, 0.25) is 0 Å². The lowest BCUT2D eigenvalue weighted by atomic mass is 9.94. The molecule has 23 heavy (non-hydrogen) atoms. The van der Waals surface area contributed by atoms with E-state index in [-0.39, 0.29) is 24.0 Å². The van der Waals surface area contributed by atoms with Crippen LogP contribution in [0.4, 0.5) is 0 Å². The van der Waals surface area contributed by atoms with E-state index in [9.17, 15) is 0 Å². The summed E-state index contributed by atoms with van der Waals surface area (Å²) in [4.78, 5) is 12.4. The number of guanidine groups is 1. The van der Waals surface area contributed by atoms with Crippen molar-refractivity contribution in [2.75, 3.05) is 40.3 Å². The van der Waals surface area contributed by atoms with Crippen LogP contribution in [0.25, 0.3) is 0 Å². The molecule has 0 saturated carbocycles. The fraction of sp³-hybridized carbons (Fsp3) is 0.750. The zero-order chi connectivity index (χ0) is 15.8. The maximum absolute atomic E-state index is 4.38. The number of aliphatic imine (C=N–C) groups is 1. The lowest BCUT2D eigenvalue weighted by Crippen LogP contribution is -2.39. The van der Waals surface area contributed by atoms with Crippen molar-refractivity contribution in [1.29, 1.82) is 0 Å². The third-order valence-electron chi connectivity index (χ3n) is 4.21. The molecule has 0 aliphatic carbocycles. The Balaban J connectivity index is 0.00000264. The van der Waals surface area contributed by atoms with Crippen LogP contribution in [0.3, 0.4) is 0 Å². The highest BCUT2D eigenvalue weighted by atomic mass is 127. The van der Waals surface area contributed by atoms with Gasteiger partial charge in [-0.3, -0.25) is 4.99 Å². The lowest BCUT2D eigenvalue weighted by Gasteiger charge is -2.29. The molecule has 132 valence electrons. The third-order valence-corrected chi connectivity index (χ3v) is 5.18. The first kappa shape index (κ1) is 20.6. The normalized spacial score (nSPS) is 16.9. The molecular weight excluding hydrogens is 421 g/mol. The standard InChI is InChI=1S/C16H29N5S.HI/c1-13-12-20-15(22-13)5-9-19-16(17-2)18-8-4-14-6-10-21(3)11-7-14;/h12,14H,4-11H2,1-3H3,(H2,17,18,19);1H. The van der Waals surface area contributed by atoms with Crippen LogP contribution in [-0.2, 0) is 6.42 Å². The van der Waals surface area contributed by atoms with E-state index < -0.39 is 0 Å². The van der Waals surface area contributed by atoms with Gasteiger partial charge in [-0.1, -0.05) is 0 Å². The summed E-state index contributed by atoms with van der Waals surface area (Å²) in [5.74, 6) is 1.77. The second-order valence-electron chi connectivity index (χ2n) is 6.08. The van der Waals surface area contributed by atoms with Gasteiger partial charge in [0.1, 0.15) is 0 Å². The molecule has 0 spiro atoms. The minimum atomic E-state index is 0.